The zero-order valence-corrected chi connectivity index (χ0v) is 9.58. The molecular weight excluding hydrogens is 190 g/mol. The lowest BCUT2D eigenvalue weighted by atomic mass is 10.2. The van der Waals surface area contributed by atoms with E-state index in [4.69, 9.17) is 5.73 Å². The van der Waals surface area contributed by atoms with Crippen molar-refractivity contribution in [3.05, 3.63) is 0 Å². The molecule has 15 heavy (non-hydrogen) atoms. The summed E-state index contributed by atoms with van der Waals surface area (Å²) in [6, 6.07) is 0.497. The zero-order chi connectivity index (χ0) is 11.1. The molecule has 0 spiro atoms. The van der Waals surface area contributed by atoms with Crippen molar-refractivity contribution in [2.75, 3.05) is 6.54 Å². The fourth-order valence-corrected chi connectivity index (χ4v) is 1.95. The van der Waals surface area contributed by atoms with Gasteiger partial charge in [0.25, 0.3) is 0 Å². The van der Waals surface area contributed by atoms with Crippen molar-refractivity contribution < 1.29 is 5.11 Å². The molecule has 4 N–H and O–H groups in total. The number of nitrogens with one attached hydrogen (secondary N) is 1. The second-order valence-corrected chi connectivity index (χ2v) is 4.29. The third-order valence-corrected chi connectivity index (χ3v) is 2.80. The highest BCUT2D eigenvalue weighted by Crippen LogP contribution is 2.17. The first kappa shape index (κ1) is 12.3. The zero-order valence-electron chi connectivity index (χ0n) is 9.58. The van der Waals surface area contributed by atoms with Gasteiger partial charge in [0.1, 0.15) is 0 Å². The Morgan fingerprint density at radius 1 is 1.53 bits per heavy atom. The minimum atomic E-state index is -0.348. The summed E-state index contributed by atoms with van der Waals surface area (Å²) < 4.78 is 0. The molecule has 1 atom stereocenters. The van der Waals surface area contributed by atoms with Crippen LogP contribution in [0, 0.1) is 0 Å². The molecule has 0 saturated heterocycles. The summed E-state index contributed by atoms with van der Waals surface area (Å²) in [5, 5.41) is 12.7. The third-order valence-electron chi connectivity index (χ3n) is 2.80. The predicted octanol–water partition coefficient (Wildman–Crippen LogP) is 0.994. The third kappa shape index (κ3) is 5.02. The smallest absolute Gasteiger partial charge is 0.188 e. The first-order chi connectivity index (χ1) is 7.22. The number of nitrogens with zero attached hydrogens (tertiary/aromatic N) is 1. The molecule has 1 rings (SSSR count). The quantitative estimate of drug-likeness (QED) is 0.471. The van der Waals surface area contributed by atoms with Crippen LogP contribution in [0.15, 0.2) is 4.99 Å². The normalized spacial score (nSPS) is 20.5. The number of aliphatic hydroxyl groups is 1. The second-order valence-electron chi connectivity index (χ2n) is 4.29. The molecule has 1 aliphatic carbocycles. The minimum Gasteiger partial charge on any atom is -0.391 e. The Hall–Kier alpha value is -0.770. The summed E-state index contributed by atoms with van der Waals surface area (Å²) in [6.45, 7) is 2.46. The number of aliphatic hydroxyl groups excluding tert-OH is 1. The van der Waals surface area contributed by atoms with E-state index >= 15 is 0 Å². The van der Waals surface area contributed by atoms with Gasteiger partial charge in [-0.05, 0) is 19.3 Å². The van der Waals surface area contributed by atoms with E-state index < -0.39 is 0 Å². The highest BCUT2D eigenvalue weighted by atomic mass is 16.3. The van der Waals surface area contributed by atoms with E-state index in [1.54, 1.807) is 0 Å². The molecule has 0 aromatic heterocycles. The van der Waals surface area contributed by atoms with Gasteiger partial charge in [0.15, 0.2) is 5.96 Å². The first-order valence-electron chi connectivity index (χ1n) is 5.97. The van der Waals surface area contributed by atoms with Crippen LogP contribution in [0.3, 0.4) is 0 Å². The van der Waals surface area contributed by atoms with Gasteiger partial charge in [0, 0.05) is 6.04 Å². The Kier molecular flexibility index (Phi) is 5.47. The van der Waals surface area contributed by atoms with Crippen LogP contribution >= 0.6 is 0 Å². The molecule has 1 fully saturated rings. The molecule has 0 heterocycles. The van der Waals surface area contributed by atoms with Crippen molar-refractivity contribution in [3.63, 3.8) is 0 Å². The molecule has 88 valence electrons. The van der Waals surface area contributed by atoms with Gasteiger partial charge in [0.05, 0.1) is 12.6 Å². The molecule has 0 bridgehead atoms. The van der Waals surface area contributed by atoms with Gasteiger partial charge in [-0.15, -0.1) is 0 Å². The van der Waals surface area contributed by atoms with Gasteiger partial charge in [-0.1, -0.05) is 26.2 Å². The fraction of sp³-hybridized carbons (Fsp3) is 0.909. The number of nitrogens with two attached hydrogens (primary N) is 1. The van der Waals surface area contributed by atoms with Crippen molar-refractivity contribution in [1.29, 1.82) is 0 Å². The van der Waals surface area contributed by atoms with Crippen molar-refractivity contribution in [2.45, 2.75) is 57.6 Å². The molecule has 0 aliphatic heterocycles. The van der Waals surface area contributed by atoms with Gasteiger partial charge in [-0.25, -0.2) is 0 Å². The Morgan fingerprint density at radius 2 is 2.20 bits per heavy atom. The molecule has 1 aliphatic rings. The van der Waals surface area contributed by atoms with Crippen LogP contribution in [0.1, 0.15) is 45.4 Å². The molecule has 4 heteroatoms. The van der Waals surface area contributed by atoms with E-state index in [0.717, 1.165) is 12.8 Å². The van der Waals surface area contributed by atoms with E-state index in [2.05, 4.69) is 10.3 Å². The van der Waals surface area contributed by atoms with Crippen molar-refractivity contribution >= 4 is 5.96 Å². The second kappa shape index (κ2) is 6.67. The Morgan fingerprint density at radius 3 is 2.80 bits per heavy atom. The number of guanidine groups is 1. The van der Waals surface area contributed by atoms with Crippen LogP contribution in [-0.2, 0) is 0 Å². The maximum absolute atomic E-state index is 9.47. The van der Waals surface area contributed by atoms with Crippen molar-refractivity contribution in [1.82, 2.24) is 5.32 Å². The predicted molar refractivity (Wildman–Crippen MR) is 62.8 cm³/mol. The monoisotopic (exact) mass is 213 g/mol. The van der Waals surface area contributed by atoms with E-state index in [9.17, 15) is 5.11 Å². The van der Waals surface area contributed by atoms with Crippen LogP contribution in [-0.4, -0.2) is 29.8 Å². The van der Waals surface area contributed by atoms with Gasteiger partial charge in [-0.3, -0.25) is 4.99 Å². The van der Waals surface area contributed by atoms with Gasteiger partial charge >= 0.3 is 0 Å². The molecule has 1 saturated carbocycles. The average molecular weight is 213 g/mol. The maximum atomic E-state index is 9.47. The lowest BCUT2D eigenvalue weighted by Gasteiger charge is -2.13. The van der Waals surface area contributed by atoms with Gasteiger partial charge in [-0.2, -0.15) is 0 Å². The average Bonchev–Trinajstić information content (AvgIpc) is 2.68. The van der Waals surface area contributed by atoms with Gasteiger partial charge < -0.3 is 16.2 Å². The van der Waals surface area contributed by atoms with E-state index in [0.29, 0.717) is 18.5 Å². The number of rotatable bonds is 5. The summed E-state index contributed by atoms with van der Waals surface area (Å²) in [6.07, 6.45) is 6.36. The van der Waals surface area contributed by atoms with E-state index in [-0.39, 0.29) is 6.10 Å². The highest BCUT2D eigenvalue weighted by Gasteiger charge is 2.14. The molecule has 0 aromatic rings. The molecule has 1 unspecified atom stereocenters. The summed E-state index contributed by atoms with van der Waals surface area (Å²) >= 11 is 0. The topological polar surface area (TPSA) is 70.6 Å². The first-order valence-corrected chi connectivity index (χ1v) is 5.97. The number of aliphatic imine (C=N–C) groups is 1. The lowest BCUT2D eigenvalue weighted by molar-refractivity contribution is 0.172. The summed E-state index contributed by atoms with van der Waals surface area (Å²) in [5.74, 6) is 0.483. The van der Waals surface area contributed by atoms with E-state index in [1.807, 2.05) is 6.92 Å². The van der Waals surface area contributed by atoms with Crippen molar-refractivity contribution in [2.24, 2.45) is 10.7 Å². The van der Waals surface area contributed by atoms with Crippen molar-refractivity contribution in [3.8, 4) is 0 Å². The Bertz CT molecular complexity index is 200. The molecule has 0 amide bonds. The van der Waals surface area contributed by atoms with E-state index in [1.165, 1.54) is 25.7 Å². The number of hydrogen-bond donors (Lipinski definition) is 3. The molecule has 0 radical (unpaired) electrons. The highest BCUT2D eigenvalue weighted by molar-refractivity contribution is 5.78. The maximum Gasteiger partial charge on any atom is 0.188 e. The summed E-state index contributed by atoms with van der Waals surface area (Å²) in [7, 11) is 0. The lowest BCUT2D eigenvalue weighted by Crippen LogP contribution is -2.39. The fourth-order valence-electron chi connectivity index (χ4n) is 1.95. The molecule has 4 nitrogen and oxygen atoms in total. The standard InChI is InChI=1S/C11H23N3O/c1-2-5-10(15)8-13-11(12)14-9-6-3-4-7-9/h9-10,15H,2-8H2,1H3,(H3,12,13,14). The van der Waals surface area contributed by atoms with Crippen LogP contribution in [0.2, 0.25) is 0 Å². The van der Waals surface area contributed by atoms with Crippen LogP contribution < -0.4 is 11.1 Å². The number of hydrogen-bond acceptors (Lipinski definition) is 2. The SMILES string of the molecule is CCCC(O)CN=C(N)NC1CCCC1. The molecule has 0 aromatic carbocycles. The molecular formula is C11H23N3O. The van der Waals surface area contributed by atoms with Gasteiger partial charge in [0.2, 0.25) is 0 Å². The Balaban J connectivity index is 2.19. The van der Waals surface area contributed by atoms with Crippen LogP contribution in [0.4, 0.5) is 0 Å². The summed E-state index contributed by atoms with van der Waals surface area (Å²) in [5.41, 5.74) is 5.73. The summed E-state index contributed by atoms with van der Waals surface area (Å²) in [4.78, 5) is 4.14. The Labute approximate surface area is 92.0 Å². The van der Waals surface area contributed by atoms with Crippen LogP contribution in [0.5, 0.6) is 0 Å². The van der Waals surface area contributed by atoms with Crippen LogP contribution in [0.25, 0.3) is 0 Å². The minimum absolute atomic E-state index is 0.348. The largest absolute Gasteiger partial charge is 0.391 e.